The van der Waals surface area contributed by atoms with Crippen LogP contribution in [-0.2, 0) is 11.3 Å². The number of ether oxygens (including phenoxy) is 1. The molecule has 3 heterocycles. The molecule has 0 amide bonds. The maximum atomic E-state index is 13.1. The van der Waals surface area contributed by atoms with Gasteiger partial charge in [-0.2, -0.15) is 0 Å². The van der Waals surface area contributed by atoms with Crippen molar-refractivity contribution in [3.63, 3.8) is 0 Å². The minimum Gasteiger partial charge on any atom is -0.507 e. The van der Waals surface area contributed by atoms with E-state index in [0.29, 0.717) is 34.5 Å². The van der Waals surface area contributed by atoms with Gasteiger partial charge < -0.3 is 19.4 Å². The van der Waals surface area contributed by atoms with Gasteiger partial charge in [0.2, 0.25) is 0 Å². The van der Waals surface area contributed by atoms with Gasteiger partial charge in [-0.3, -0.25) is 9.59 Å². The molecule has 0 aliphatic carbocycles. The lowest BCUT2D eigenvalue weighted by Crippen LogP contribution is -2.17. The van der Waals surface area contributed by atoms with Gasteiger partial charge in [-0.1, -0.05) is 24.3 Å². The first-order chi connectivity index (χ1) is 15.1. The Bertz CT molecular complexity index is 1330. The third kappa shape index (κ3) is 3.64. The molecular weight excluding hydrogens is 394 g/mol. The molecule has 1 saturated heterocycles. The van der Waals surface area contributed by atoms with E-state index in [9.17, 15) is 14.7 Å². The number of carbonyl (C=O) groups is 1. The van der Waals surface area contributed by atoms with E-state index in [2.05, 4.69) is 9.97 Å². The van der Waals surface area contributed by atoms with Crippen LogP contribution >= 0.6 is 0 Å². The second-order valence-electron chi connectivity index (χ2n) is 7.68. The average molecular weight is 415 g/mol. The zero-order valence-electron chi connectivity index (χ0n) is 16.7. The van der Waals surface area contributed by atoms with E-state index < -0.39 is 0 Å². The van der Waals surface area contributed by atoms with Gasteiger partial charge >= 0.3 is 0 Å². The van der Waals surface area contributed by atoms with Crippen molar-refractivity contribution in [2.24, 2.45) is 0 Å². The third-order valence-electron chi connectivity index (χ3n) is 5.59. The fourth-order valence-corrected chi connectivity index (χ4v) is 4.02. The summed E-state index contributed by atoms with van der Waals surface area (Å²) in [5, 5.41) is 10.6. The van der Waals surface area contributed by atoms with Crippen molar-refractivity contribution in [3.8, 4) is 17.3 Å². The van der Waals surface area contributed by atoms with Gasteiger partial charge in [-0.05, 0) is 43.2 Å². The predicted molar refractivity (Wildman–Crippen MR) is 116 cm³/mol. The van der Waals surface area contributed by atoms with Crippen molar-refractivity contribution in [2.75, 3.05) is 6.61 Å². The zero-order chi connectivity index (χ0) is 21.4. The molecule has 156 valence electrons. The molecule has 2 aromatic carbocycles. The van der Waals surface area contributed by atoms with Gasteiger partial charge in [-0.25, -0.2) is 4.98 Å². The van der Waals surface area contributed by atoms with E-state index in [1.54, 1.807) is 48.7 Å². The molecule has 0 spiro atoms. The number of aromatic hydroxyl groups is 1. The number of aromatic nitrogens is 3. The molecule has 4 aromatic rings. The number of hydrogen-bond donors (Lipinski definition) is 2. The predicted octanol–water partition coefficient (Wildman–Crippen LogP) is 3.51. The van der Waals surface area contributed by atoms with Crippen molar-refractivity contribution in [3.05, 3.63) is 82.3 Å². The molecule has 0 radical (unpaired) electrons. The van der Waals surface area contributed by atoms with Crippen molar-refractivity contribution in [1.82, 2.24) is 14.5 Å². The molecule has 7 nitrogen and oxygen atoms in total. The summed E-state index contributed by atoms with van der Waals surface area (Å²) < 4.78 is 7.68. The maximum Gasteiger partial charge on any atom is 0.259 e. The van der Waals surface area contributed by atoms with E-state index in [1.807, 2.05) is 10.6 Å². The van der Waals surface area contributed by atoms with Gasteiger partial charge in [0.25, 0.3) is 5.56 Å². The molecule has 5 rings (SSSR count). The summed E-state index contributed by atoms with van der Waals surface area (Å²) in [5.41, 5.74) is 1.60. The topological polar surface area (TPSA) is 97.2 Å². The number of phenols is 1. The molecule has 1 aliphatic rings. The monoisotopic (exact) mass is 415 g/mol. The van der Waals surface area contributed by atoms with Gasteiger partial charge in [-0.15, -0.1) is 0 Å². The largest absolute Gasteiger partial charge is 0.507 e. The summed E-state index contributed by atoms with van der Waals surface area (Å²) in [6.45, 7) is 1.26. The number of rotatable bonds is 5. The summed E-state index contributed by atoms with van der Waals surface area (Å²) in [4.78, 5) is 33.2. The first kappa shape index (κ1) is 19.3. The number of H-pyrrole nitrogens is 1. The van der Waals surface area contributed by atoms with E-state index in [0.717, 1.165) is 19.4 Å². The first-order valence-corrected chi connectivity index (χ1v) is 10.2. The molecule has 1 fully saturated rings. The van der Waals surface area contributed by atoms with E-state index >= 15 is 0 Å². The second-order valence-corrected chi connectivity index (χ2v) is 7.68. The molecule has 1 aliphatic heterocycles. The molecular formula is C24H21N3O4. The van der Waals surface area contributed by atoms with E-state index in [1.165, 1.54) is 6.07 Å². The number of carbonyl (C=O) groups excluding carboxylic acids is 1. The van der Waals surface area contributed by atoms with Crippen LogP contribution in [0.25, 0.3) is 22.4 Å². The van der Waals surface area contributed by atoms with Crippen LogP contribution < -0.4 is 5.56 Å². The minimum atomic E-state index is -0.298. The SMILES string of the molecule is O=C(c1cc(-c2nc3ccccc3c(=O)[nH]2)n(C[C@@H]2CCCO2)c1)c1ccccc1O. The lowest BCUT2D eigenvalue weighted by atomic mass is 10.0. The average Bonchev–Trinajstić information content (AvgIpc) is 3.44. The number of nitrogens with one attached hydrogen (secondary N) is 1. The number of phenolic OH excluding ortho intramolecular Hbond substituents is 1. The summed E-state index contributed by atoms with van der Waals surface area (Å²) in [6.07, 6.45) is 3.70. The van der Waals surface area contributed by atoms with Crippen LogP contribution in [0.5, 0.6) is 5.75 Å². The Hall–Kier alpha value is -3.71. The fraction of sp³-hybridized carbons (Fsp3) is 0.208. The molecule has 2 aromatic heterocycles. The first-order valence-electron chi connectivity index (χ1n) is 10.2. The molecule has 31 heavy (non-hydrogen) atoms. The van der Waals surface area contributed by atoms with Crippen LogP contribution in [0.3, 0.4) is 0 Å². The lowest BCUT2D eigenvalue weighted by Gasteiger charge is -2.13. The normalized spacial score (nSPS) is 16.1. The lowest BCUT2D eigenvalue weighted by molar-refractivity contribution is 0.0970. The van der Waals surface area contributed by atoms with Gasteiger partial charge in [0.05, 0.1) is 28.3 Å². The van der Waals surface area contributed by atoms with Gasteiger partial charge in [0.15, 0.2) is 11.6 Å². The van der Waals surface area contributed by atoms with Gasteiger partial charge in [0, 0.05) is 24.9 Å². The number of para-hydroxylation sites is 2. The Labute approximate surface area is 178 Å². The fourth-order valence-electron chi connectivity index (χ4n) is 4.02. The summed E-state index contributed by atoms with van der Waals surface area (Å²) in [7, 11) is 0. The highest BCUT2D eigenvalue weighted by Gasteiger charge is 2.22. The minimum absolute atomic E-state index is 0.0337. The van der Waals surface area contributed by atoms with Crippen LogP contribution in [-0.4, -0.2) is 38.1 Å². The number of hydrogen-bond acceptors (Lipinski definition) is 5. The Morgan fingerprint density at radius 1 is 1.19 bits per heavy atom. The molecule has 0 saturated carbocycles. The number of nitrogens with zero attached hydrogens (tertiary/aromatic N) is 2. The van der Waals surface area contributed by atoms with Crippen LogP contribution in [0.15, 0.2) is 65.6 Å². The Kier molecular flexibility index (Phi) is 4.88. The second kappa shape index (κ2) is 7.85. The quantitative estimate of drug-likeness (QED) is 0.486. The van der Waals surface area contributed by atoms with E-state index in [4.69, 9.17) is 4.74 Å². The van der Waals surface area contributed by atoms with Crippen LogP contribution in [0.2, 0.25) is 0 Å². The van der Waals surface area contributed by atoms with Gasteiger partial charge in [0.1, 0.15) is 5.75 Å². The smallest absolute Gasteiger partial charge is 0.259 e. The number of aromatic amines is 1. The Morgan fingerprint density at radius 3 is 2.81 bits per heavy atom. The molecule has 1 atom stereocenters. The number of ketones is 1. The molecule has 0 unspecified atom stereocenters. The summed E-state index contributed by atoms with van der Waals surface area (Å²) >= 11 is 0. The van der Waals surface area contributed by atoms with Crippen molar-refractivity contribution in [2.45, 2.75) is 25.5 Å². The molecule has 7 heteroatoms. The molecule has 0 bridgehead atoms. The highest BCUT2D eigenvalue weighted by molar-refractivity contribution is 6.11. The Morgan fingerprint density at radius 2 is 2.00 bits per heavy atom. The van der Waals surface area contributed by atoms with E-state index in [-0.39, 0.29) is 28.8 Å². The van der Waals surface area contributed by atoms with Crippen LogP contribution in [0.1, 0.15) is 28.8 Å². The summed E-state index contributed by atoms with van der Waals surface area (Å²) in [5.74, 6) is 0.0183. The summed E-state index contributed by atoms with van der Waals surface area (Å²) in [6, 6.07) is 15.3. The maximum absolute atomic E-state index is 13.1. The standard InChI is InChI=1S/C24H21N3O4/c28-21-10-4-2-8-18(21)22(29)15-12-20(27(13-15)14-16-6-5-11-31-16)23-25-19-9-3-1-7-17(19)24(30)26-23/h1-4,7-10,12-13,16,28H,5-6,11,14H2,(H,25,26,30)/t16-/m0/s1. The number of benzene rings is 2. The van der Waals surface area contributed by atoms with Crippen molar-refractivity contribution < 1.29 is 14.6 Å². The highest BCUT2D eigenvalue weighted by Crippen LogP contribution is 2.26. The highest BCUT2D eigenvalue weighted by atomic mass is 16.5. The third-order valence-corrected chi connectivity index (χ3v) is 5.59. The van der Waals surface area contributed by atoms with Crippen LogP contribution in [0.4, 0.5) is 0 Å². The number of fused-ring (bicyclic) bond motifs is 1. The molecule has 2 N–H and O–H groups in total. The van der Waals surface area contributed by atoms with Crippen LogP contribution in [0, 0.1) is 0 Å². The van der Waals surface area contributed by atoms with Crippen molar-refractivity contribution >= 4 is 16.7 Å². The van der Waals surface area contributed by atoms with Crippen molar-refractivity contribution in [1.29, 1.82) is 0 Å². The zero-order valence-corrected chi connectivity index (χ0v) is 16.7. The Balaban J connectivity index is 1.62.